The lowest BCUT2D eigenvalue weighted by Crippen LogP contribution is -2.03. The number of rotatable bonds is 6. The average molecular weight is 222 g/mol. The Bertz CT molecular complexity index is 340. The standard InChI is InChI=1S/C13H15FO2/c1-3-12(14)8-9-16-10-11-4-6-13(15-2)7-5-11/h1,4-7,12H,8-10H2,2H3. The molecule has 86 valence electrons. The van der Waals surface area contributed by atoms with Gasteiger partial charge < -0.3 is 9.47 Å². The van der Waals surface area contributed by atoms with E-state index in [4.69, 9.17) is 15.9 Å². The van der Waals surface area contributed by atoms with Gasteiger partial charge in [-0.15, -0.1) is 6.42 Å². The van der Waals surface area contributed by atoms with E-state index in [1.165, 1.54) is 0 Å². The van der Waals surface area contributed by atoms with Gasteiger partial charge in [-0.25, -0.2) is 4.39 Å². The Balaban J connectivity index is 2.24. The van der Waals surface area contributed by atoms with E-state index >= 15 is 0 Å². The van der Waals surface area contributed by atoms with Crippen molar-refractivity contribution in [3.8, 4) is 18.1 Å². The Hall–Kier alpha value is -1.53. The molecule has 0 radical (unpaired) electrons. The molecule has 1 aromatic carbocycles. The highest BCUT2D eigenvalue weighted by Gasteiger charge is 2.01. The van der Waals surface area contributed by atoms with Crippen molar-refractivity contribution in [2.24, 2.45) is 0 Å². The van der Waals surface area contributed by atoms with Crippen LogP contribution in [-0.2, 0) is 11.3 Å². The fourth-order valence-corrected chi connectivity index (χ4v) is 1.18. The molecule has 2 nitrogen and oxygen atoms in total. The van der Waals surface area contributed by atoms with Gasteiger partial charge in [0.1, 0.15) is 5.75 Å². The molecule has 3 heteroatoms. The maximum absolute atomic E-state index is 12.6. The minimum Gasteiger partial charge on any atom is -0.497 e. The number of terminal acetylenes is 1. The first-order chi connectivity index (χ1) is 7.76. The summed E-state index contributed by atoms with van der Waals surface area (Å²) in [4.78, 5) is 0. The molecule has 16 heavy (non-hydrogen) atoms. The third-order valence-corrected chi connectivity index (χ3v) is 2.12. The molecule has 0 aliphatic carbocycles. The summed E-state index contributed by atoms with van der Waals surface area (Å²) >= 11 is 0. The Morgan fingerprint density at radius 3 is 2.62 bits per heavy atom. The molecule has 0 aliphatic rings. The number of alkyl halides is 1. The van der Waals surface area contributed by atoms with Crippen LogP contribution in [0, 0.1) is 12.3 Å². The number of halogens is 1. The van der Waals surface area contributed by atoms with E-state index in [0.29, 0.717) is 13.2 Å². The second-order valence-electron chi connectivity index (χ2n) is 3.32. The van der Waals surface area contributed by atoms with Gasteiger partial charge in [0.2, 0.25) is 0 Å². The van der Waals surface area contributed by atoms with Crippen molar-refractivity contribution in [1.29, 1.82) is 0 Å². The molecule has 0 fully saturated rings. The Kier molecular flexibility index (Phi) is 5.38. The van der Waals surface area contributed by atoms with Gasteiger partial charge in [-0.05, 0) is 17.7 Å². The second kappa shape index (κ2) is 6.86. The van der Waals surface area contributed by atoms with Crippen molar-refractivity contribution in [3.63, 3.8) is 0 Å². The van der Waals surface area contributed by atoms with E-state index in [2.05, 4.69) is 0 Å². The van der Waals surface area contributed by atoms with Gasteiger partial charge in [0, 0.05) is 6.42 Å². The van der Waals surface area contributed by atoms with E-state index < -0.39 is 6.17 Å². The van der Waals surface area contributed by atoms with E-state index in [9.17, 15) is 4.39 Å². The van der Waals surface area contributed by atoms with Crippen molar-refractivity contribution < 1.29 is 13.9 Å². The van der Waals surface area contributed by atoms with Gasteiger partial charge in [0.15, 0.2) is 6.17 Å². The summed E-state index contributed by atoms with van der Waals surface area (Å²) in [6.45, 7) is 0.790. The Morgan fingerprint density at radius 1 is 1.38 bits per heavy atom. The lowest BCUT2D eigenvalue weighted by Gasteiger charge is -2.05. The van der Waals surface area contributed by atoms with Gasteiger partial charge in [-0.3, -0.25) is 0 Å². The summed E-state index contributed by atoms with van der Waals surface area (Å²) < 4.78 is 22.9. The van der Waals surface area contributed by atoms with Crippen LogP contribution < -0.4 is 4.74 Å². The maximum atomic E-state index is 12.6. The van der Waals surface area contributed by atoms with Crippen molar-refractivity contribution in [3.05, 3.63) is 29.8 Å². The van der Waals surface area contributed by atoms with Crippen LogP contribution in [0.5, 0.6) is 5.75 Å². The SMILES string of the molecule is C#CC(F)CCOCc1ccc(OC)cc1. The fourth-order valence-electron chi connectivity index (χ4n) is 1.18. The topological polar surface area (TPSA) is 18.5 Å². The van der Waals surface area contributed by atoms with Crippen molar-refractivity contribution in [2.45, 2.75) is 19.2 Å². The summed E-state index contributed by atoms with van der Waals surface area (Å²) in [5, 5.41) is 0. The number of ether oxygens (including phenoxy) is 2. The number of methoxy groups -OCH3 is 1. The summed E-state index contributed by atoms with van der Waals surface area (Å²) in [6, 6.07) is 7.54. The van der Waals surface area contributed by atoms with Crippen LogP contribution in [0.4, 0.5) is 4.39 Å². The van der Waals surface area contributed by atoms with Crippen LogP contribution in [0.3, 0.4) is 0 Å². The first kappa shape index (κ1) is 12.5. The normalized spacial score (nSPS) is 11.8. The van der Waals surface area contributed by atoms with Crippen molar-refractivity contribution in [1.82, 2.24) is 0 Å². The molecule has 1 rings (SSSR count). The average Bonchev–Trinajstić information content (AvgIpc) is 2.35. The molecule has 1 unspecified atom stereocenters. The van der Waals surface area contributed by atoms with Crippen LogP contribution >= 0.6 is 0 Å². The van der Waals surface area contributed by atoms with Gasteiger partial charge in [0.25, 0.3) is 0 Å². The van der Waals surface area contributed by atoms with Crippen LogP contribution in [0.2, 0.25) is 0 Å². The largest absolute Gasteiger partial charge is 0.497 e. The predicted octanol–water partition coefficient (Wildman–Crippen LogP) is 2.57. The number of benzene rings is 1. The first-order valence-corrected chi connectivity index (χ1v) is 5.07. The highest BCUT2D eigenvalue weighted by atomic mass is 19.1. The smallest absolute Gasteiger partial charge is 0.162 e. The van der Waals surface area contributed by atoms with Gasteiger partial charge in [0.05, 0.1) is 20.3 Å². The molecule has 0 saturated heterocycles. The molecule has 0 aliphatic heterocycles. The zero-order valence-electron chi connectivity index (χ0n) is 9.28. The third kappa shape index (κ3) is 4.33. The highest BCUT2D eigenvalue weighted by Crippen LogP contribution is 2.12. The minimum absolute atomic E-state index is 0.243. The molecular formula is C13H15FO2. The molecular weight excluding hydrogens is 207 g/mol. The van der Waals surface area contributed by atoms with Crippen LogP contribution in [0.1, 0.15) is 12.0 Å². The van der Waals surface area contributed by atoms with E-state index in [1.54, 1.807) is 7.11 Å². The fraction of sp³-hybridized carbons (Fsp3) is 0.385. The lowest BCUT2D eigenvalue weighted by atomic mass is 10.2. The van der Waals surface area contributed by atoms with Gasteiger partial charge >= 0.3 is 0 Å². The molecule has 0 bridgehead atoms. The van der Waals surface area contributed by atoms with Gasteiger partial charge in [-0.2, -0.15) is 0 Å². The maximum Gasteiger partial charge on any atom is 0.162 e. The molecule has 0 heterocycles. The molecule has 0 aromatic heterocycles. The van der Waals surface area contributed by atoms with Crippen LogP contribution in [0.15, 0.2) is 24.3 Å². The molecule has 0 amide bonds. The lowest BCUT2D eigenvalue weighted by molar-refractivity contribution is 0.107. The summed E-state index contributed by atoms with van der Waals surface area (Å²) in [7, 11) is 1.62. The molecule has 0 N–H and O–H groups in total. The molecule has 0 saturated carbocycles. The Labute approximate surface area is 95.4 Å². The number of hydrogen-bond donors (Lipinski definition) is 0. The summed E-state index contributed by atoms with van der Waals surface area (Å²) in [5.74, 6) is 2.82. The quantitative estimate of drug-likeness (QED) is 0.544. The van der Waals surface area contributed by atoms with E-state index in [0.717, 1.165) is 11.3 Å². The minimum atomic E-state index is -1.21. The van der Waals surface area contributed by atoms with Crippen LogP contribution in [-0.4, -0.2) is 19.9 Å². The third-order valence-electron chi connectivity index (χ3n) is 2.12. The zero-order chi connectivity index (χ0) is 11.8. The number of hydrogen-bond acceptors (Lipinski definition) is 2. The highest BCUT2D eigenvalue weighted by molar-refractivity contribution is 5.26. The van der Waals surface area contributed by atoms with Crippen molar-refractivity contribution >= 4 is 0 Å². The molecule has 1 aromatic rings. The predicted molar refractivity (Wildman–Crippen MR) is 61.0 cm³/mol. The van der Waals surface area contributed by atoms with E-state index in [1.807, 2.05) is 30.2 Å². The van der Waals surface area contributed by atoms with Crippen LogP contribution in [0.25, 0.3) is 0 Å². The second-order valence-corrected chi connectivity index (χ2v) is 3.32. The van der Waals surface area contributed by atoms with Crippen molar-refractivity contribution in [2.75, 3.05) is 13.7 Å². The van der Waals surface area contributed by atoms with Gasteiger partial charge in [-0.1, -0.05) is 18.1 Å². The molecule has 0 spiro atoms. The summed E-state index contributed by atoms with van der Waals surface area (Å²) in [6.07, 6.45) is 3.93. The Morgan fingerprint density at radius 2 is 2.06 bits per heavy atom. The summed E-state index contributed by atoms with van der Waals surface area (Å²) in [5.41, 5.74) is 1.02. The van der Waals surface area contributed by atoms with E-state index in [-0.39, 0.29) is 6.42 Å². The zero-order valence-corrected chi connectivity index (χ0v) is 9.28. The molecule has 1 atom stereocenters. The first-order valence-electron chi connectivity index (χ1n) is 5.07. The monoisotopic (exact) mass is 222 g/mol.